The van der Waals surface area contributed by atoms with Crippen molar-refractivity contribution in [2.24, 2.45) is 4.99 Å². The number of fused-ring (bicyclic) bond motifs is 2. The molecule has 8 heteroatoms. The second kappa shape index (κ2) is 11.1. The number of nitrogens with zero attached hydrogens (tertiary/aromatic N) is 3. The van der Waals surface area contributed by atoms with Crippen molar-refractivity contribution in [3.05, 3.63) is 47.3 Å². The number of benzene rings is 2. The lowest BCUT2D eigenvalue weighted by Crippen LogP contribution is -2.37. The van der Waals surface area contributed by atoms with E-state index >= 15 is 0 Å². The highest BCUT2D eigenvalue weighted by atomic mass is 32.1. The minimum Gasteiger partial charge on any atom is -0.395 e. The molecule has 0 spiro atoms. The molecule has 166 valence electrons. The Morgan fingerprint density at radius 2 is 2.03 bits per heavy atom. The van der Waals surface area contributed by atoms with Crippen molar-refractivity contribution in [2.75, 3.05) is 59.2 Å². The SMILES string of the molecule is OCCNC(CO)c1ccc2nc3ccc(=NCCCN4CCOCC4)cc-3sc2c1. The van der Waals surface area contributed by atoms with Gasteiger partial charge in [0.2, 0.25) is 0 Å². The van der Waals surface area contributed by atoms with E-state index in [2.05, 4.69) is 22.3 Å². The summed E-state index contributed by atoms with van der Waals surface area (Å²) in [7, 11) is 0. The van der Waals surface area contributed by atoms with Crippen LogP contribution in [-0.2, 0) is 4.74 Å². The van der Waals surface area contributed by atoms with Gasteiger partial charge in [0, 0.05) is 32.7 Å². The van der Waals surface area contributed by atoms with Crippen molar-refractivity contribution in [3.8, 4) is 10.6 Å². The Morgan fingerprint density at radius 3 is 2.84 bits per heavy atom. The Kier molecular flexibility index (Phi) is 7.96. The first-order valence-electron chi connectivity index (χ1n) is 10.9. The van der Waals surface area contributed by atoms with Crippen molar-refractivity contribution < 1.29 is 14.9 Å². The maximum atomic E-state index is 9.69. The summed E-state index contributed by atoms with van der Waals surface area (Å²) in [6, 6.07) is 12.0. The summed E-state index contributed by atoms with van der Waals surface area (Å²) in [5, 5.41) is 22.9. The summed E-state index contributed by atoms with van der Waals surface area (Å²) in [5.74, 6) is 0. The molecule has 1 aliphatic carbocycles. The van der Waals surface area contributed by atoms with Gasteiger partial charge in [0.05, 0.1) is 58.6 Å². The number of hydrogen-bond acceptors (Lipinski definition) is 8. The lowest BCUT2D eigenvalue weighted by Gasteiger charge is -2.26. The van der Waals surface area contributed by atoms with Gasteiger partial charge in [-0.1, -0.05) is 6.07 Å². The Labute approximate surface area is 186 Å². The molecule has 1 unspecified atom stereocenters. The minimum absolute atomic E-state index is 0.0232. The van der Waals surface area contributed by atoms with Crippen LogP contribution in [0.1, 0.15) is 18.0 Å². The Morgan fingerprint density at radius 1 is 1.16 bits per heavy atom. The molecular formula is C23H30N4O3S. The molecule has 0 amide bonds. The summed E-state index contributed by atoms with van der Waals surface area (Å²) in [6.45, 7) is 6.05. The predicted molar refractivity (Wildman–Crippen MR) is 123 cm³/mol. The van der Waals surface area contributed by atoms with Gasteiger partial charge in [0.25, 0.3) is 0 Å². The largest absolute Gasteiger partial charge is 0.395 e. The van der Waals surface area contributed by atoms with Crippen LogP contribution in [0.5, 0.6) is 0 Å². The number of morpholine rings is 1. The molecular weight excluding hydrogens is 412 g/mol. The molecule has 1 fully saturated rings. The second-order valence-electron chi connectivity index (χ2n) is 7.70. The van der Waals surface area contributed by atoms with Crippen LogP contribution < -0.4 is 10.7 Å². The zero-order valence-corrected chi connectivity index (χ0v) is 18.5. The van der Waals surface area contributed by atoms with Gasteiger partial charge in [-0.05, 0) is 42.3 Å². The molecule has 2 aliphatic heterocycles. The molecule has 0 bridgehead atoms. The normalized spacial score (nSPS) is 16.9. The van der Waals surface area contributed by atoms with Crippen LogP contribution in [0.3, 0.4) is 0 Å². The van der Waals surface area contributed by atoms with Gasteiger partial charge in [-0.25, -0.2) is 4.98 Å². The van der Waals surface area contributed by atoms with Gasteiger partial charge in [0.1, 0.15) is 0 Å². The predicted octanol–water partition coefficient (Wildman–Crippen LogP) is 1.64. The third-order valence-electron chi connectivity index (χ3n) is 5.51. The number of hydrogen-bond donors (Lipinski definition) is 3. The molecule has 0 radical (unpaired) electrons. The molecule has 0 saturated carbocycles. The zero-order valence-electron chi connectivity index (χ0n) is 17.7. The van der Waals surface area contributed by atoms with Crippen molar-refractivity contribution in [3.63, 3.8) is 0 Å². The Bertz CT molecular complexity index is 1020. The molecule has 1 saturated heterocycles. The number of nitrogens with one attached hydrogen (secondary N) is 1. The fraction of sp³-hybridized carbons (Fsp3) is 0.478. The summed E-state index contributed by atoms with van der Waals surface area (Å²) in [6.07, 6.45) is 1.05. The molecule has 3 N–H and O–H groups in total. The van der Waals surface area contributed by atoms with Gasteiger partial charge in [-0.2, -0.15) is 0 Å². The maximum Gasteiger partial charge on any atom is 0.0811 e. The van der Waals surface area contributed by atoms with Crippen LogP contribution in [0, 0.1) is 0 Å². The minimum atomic E-state index is -0.202. The summed E-state index contributed by atoms with van der Waals surface area (Å²) < 4.78 is 6.46. The van der Waals surface area contributed by atoms with E-state index in [1.807, 2.05) is 24.3 Å². The number of aliphatic hydroxyl groups is 2. The fourth-order valence-corrected chi connectivity index (χ4v) is 4.85. The highest BCUT2D eigenvalue weighted by Crippen LogP contribution is 2.31. The zero-order chi connectivity index (χ0) is 21.5. The summed E-state index contributed by atoms with van der Waals surface area (Å²) in [4.78, 5) is 13.1. The van der Waals surface area contributed by atoms with Crippen LogP contribution in [-0.4, -0.2) is 79.2 Å². The number of ether oxygens (including phenoxy) is 1. The number of aliphatic hydroxyl groups excluding tert-OH is 2. The van der Waals surface area contributed by atoms with Crippen LogP contribution in [0.25, 0.3) is 20.8 Å². The molecule has 1 aromatic carbocycles. The molecule has 2 heterocycles. The lowest BCUT2D eigenvalue weighted by molar-refractivity contribution is 0.0377. The molecule has 3 aliphatic rings. The first-order valence-corrected chi connectivity index (χ1v) is 11.7. The van der Waals surface area contributed by atoms with Gasteiger partial charge >= 0.3 is 0 Å². The number of aromatic nitrogens is 1. The van der Waals surface area contributed by atoms with E-state index in [-0.39, 0.29) is 19.3 Å². The standard InChI is InChI=1S/C23H30N4O3S/c28-11-7-25-21(16-29)17-2-4-19-22(14-17)31-23-15-18(3-5-20(23)26-19)24-6-1-8-27-9-12-30-13-10-27/h2-5,14-15,21,25,28-29H,1,6-13,16H2. The van der Waals surface area contributed by atoms with E-state index in [1.54, 1.807) is 11.3 Å². The Balaban J connectivity index is 1.50. The monoisotopic (exact) mass is 442 g/mol. The summed E-state index contributed by atoms with van der Waals surface area (Å²) >= 11 is 1.69. The Hall–Kier alpha value is -1.94. The van der Waals surface area contributed by atoms with E-state index in [1.165, 1.54) is 0 Å². The third-order valence-corrected chi connectivity index (χ3v) is 6.60. The van der Waals surface area contributed by atoms with Gasteiger partial charge in [-0.15, -0.1) is 11.3 Å². The quantitative estimate of drug-likeness (QED) is 0.345. The molecule has 1 atom stereocenters. The van der Waals surface area contributed by atoms with Crippen molar-refractivity contribution in [1.29, 1.82) is 0 Å². The third kappa shape index (κ3) is 5.85. The molecule has 0 aromatic heterocycles. The topological polar surface area (TPSA) is 90.2 Å². The molecule has 1 aromatic rings. The molecule has 7 nitrogen and oxygen atoms in total. The average Bonchev–Trinajstić information content (AvgIpc) is 2.81. The van der Waals surface area contributed by atoms with Crippen molar-refractivity contribution in [2.45, 2.75) is 12.5 Å². The highest BCUT2D eigenvalue weighted by Gasteiger charge is 2.13. The van der Waals surface area contributed by atoms with Gasteiger partial charge < -0.3 is 20.3 Å². The molecule has 31 heavy (non-hydrogen) atoms. The summed E-state index contributed by atoms with van der Waals surface area (Å²) in [5.41, 5.74) is 2.90. The fourth-order valence-electron chi connectivity index (χ4n) is 3.80. The van der Waals surface area contributed by atoms with Crippen LogP contribution in [0.4, 0.5) is 0 Å². The maximum absolute atomic E-state index is 9.69. The molecule has 4 rings (SSSR count). The smallest absolute Gasteiger partial charge is 0.0811 e. The van der Waals surface area contributed by atoms with E-state index in [4.69, 9.17) is 19.8 Å². The average molecular weight is 443 g/mol. The van der Waals surface area contributed by atoms with E-state index < -0.39 is 0 Å². The number of rotatable bonds is 9. The van der Waals surface area contributed by atoms with Gasteiger partial charge in [-0.3, -0.25) is 9.89 Å². The van der Waals surface area contributed by atoms with Crippen molar-refractivity contribution in [1.82, 2.24) is 15.2 Å². The van der Waals surface area contributed by atoms with Gasteiger partial charge in [0.15, 0.2) is 0 Å². The van der Waals surface area contributed by atoms with Crippen molar-refractivity contribution >= 4 is 21.6 Å². The van der Waals surface area contributed by atoms with Crippen LogP contribution in [0.15, 0.2) is 41.4 Å². The first kappa shape index (κ1) is 22.3. The second-order valence-corrected chi connectivity index (χ2v) is 8.78. The van der Waals surface area contributed by atoms with E-state index in [9.17, 15) is 5.11 Å². The first-order chi connectivity index (χ1) is 15.3. The van der Waals surface area contributed by atoms with E-state index in [0.29, 0.717) is 6.54 Å². The van der Waals surface area contributed by atoms with Crippen LogP contribution >= 0.6 is 11.3 Å². The lowest BCUT2D eigenvalue weighted by atomic mass is 10.1. The van der Waals surface area contributed by atoms with Crippen LogP contribution in [0.2, 0.25) is 0 Å². The van der Waals surface area contributed by atoms with E-state index in [0.717, 1.165) is 77.5 Å². The highest BCUT2D eigenvalue weighted by molar-refractivity contribution is 7.21.